The maximum absolute atomic E-state index is 11.6. The smallest absolute Gasteiger partial charge is 0.305 e. The number of nitrogens with one attached hydrogen (secondary N) is 1. The lowest BCUT2D eigenvalue weighted by molar-refractivity contribution is -0.858. The van der Waals surface area contributed by atoms with Crippen LogP contribution in [0.25, 0.3) is 0 Å². The molecule has 0 bridgehead atoms. The van der Waals surface area contributed by atoms with Gasteiger partial charge in [-0.05, 0) is 25.7 Å². The standard InChI is InChI=1S/C20H41NO2/c1-4-5-6-7-8-9-10-11-12-16-19-23-20(22)17-14-13-15-18-21(2)3/h4-19H2,1-3H3/p+1. The first-order valence-corrected chi connectivity index (χ1v) is 10.1. The fourth-order valence-corrected chi connectivity index (χ4v) is 2.77. The van der Waals surface area contributed by atoms with Crippen LogP contribution in [0.2, 0.25) is 0 Å². The molecule has 1 N–H and O–H groups in total. The molecule has 23 heavy (non-hydrogen) atoms. The molecule has 0 aromatic rings. The van der Waals surface area contributed by atoms with E-state index in [0.29, 0.717) is 13.0 Å². The van der Waals surface area contributed by atoms with Crippen LogP contribution >= 0.6 is 0 Å². The largest absolute Gasteiger partial charge is 0.466 e. The van der Waals surface area contributed by atoms with E-state index in [9.17, 15) is 4.79 Å². The van der Waals surface area contributed by atoms with Gasteiger partial charge in [0.05, 0.1) is 27.2 Å². The number of hydrogen-bond acceptors (Lipinski definition) is 2. The van der Waals surface area contributed by atoms with Crippen molar-refractivity contribution < 1.29 is 14.4 Å². The molecule has 0 amide bonds. The summed E-state index contributed by atoms with van der Waals surface area (Å²) >= 11 is 0. The monoisotopic (exact) mass is 328 g/mol. The SMILES string of the molecule is CCCCCCCCCCCCOC(=O)CCCCC[NH+](C)C. The van der Waals surface area contributed by atoms with Crippen LogP contribution in [-0.4, -0.2) is 33.2 Å². The lowest BCUT2D eigenvalue weighted by Crippen LogP contribution is -3.05. The van der Waals surface area contributed by atoms with Gasteiger partial charge in [0, 0.05) is 6.42 Å². The second kappa shape index (κ2) is 17.8. The zero-order valence-corrected chi connectivity index (χ0v) is 16.1. The molecule has 0 aromatic carbocycles. The molecule has 0 unspecified atom stereocenters. The van der Waals surface area contributed by atoms with E-state index in [0.717, 1.165) is 19.3 Å². The predicted octanol–water partition coefficient (Wildman–Crippen LogP) is 4.16. The summed E-state index contributed by atoms with van der Waals surface area (Å²) in [5.41, 5.74) is 0. The van der Waals surface area contributed by atoms with Crippen molar-refractivity contribution in [3.05, 3.63) is 0 Å². The number of carbonyl (C=O) groups is 1. The highest BCUT2D eigenvalue weighted by Gasteiger charge is 2.03. The molecule has 3 nitrogen and oxygen atoms in total. The van der Waals surface area contributed by atoms with Gasteiger partial charge in [0.2, 0.25) is 0 Å². The summed E-state index contributed by atoms with van der Waals surface area (Å²) in [6, 6.07) is 0. The minimum Gasteiger partial charge on any atom is -0.466 e. The van der Waals surface area contributed by atoms with Gasteiger partial charge in [-0.15, -0.1) is 0 Å². The molecule has 0 atom stereocenters. The molecular weight excluding hydrogens is 286 g/mol. The van der Waals surface area contributed by atoms with Crippen LogP contribution in [0.5, 0.6) is 0 Å². The molecule has 0 aliphatic carbocycles. The van der Waals surface area contributed by atoms with Gasteiger partial charge in [-0.2, -0.15) is 0 Å². The Morgan fingerprint density at radius 2 is 1.26 bits per heavy atom. The Balaban J connectivity index is 3.14. The van der Waals surface area contributed by atoms with Gasteiger partial charge in [-0.3, -0.25) is 4.79 Å². The Bertz CT molecular complexity index is 254. The molecule has 0 saturated carbocycles. The zero-order valence-electron chi connectivity index (χ0n) is 16.1. The Kier molecular flexibility index (Phi) is 17.3. The van der Waals surface area contributed by atoms with Gasteiger partial charge < -0.3 is 9.64 Å². The number of unbranched alkanes of at least 4 members (excludes halogenated alkanes) is 11. The first-order chi connectivity index (χ1) is 11.2. The van der Waals surface area contributed by atoms with Crippen molar-refractivity contribution in [2.75, 3.05) is 27.2 Å². The number of rotatable bonds is 17. The van der Waals surface area contributed by atoms with E-state index in [2.05, 4.69) is 21.0 Å². The molecule has 138 valence electrons. The van der Waals surface area contributed by atoms with Crippen LogP contribution in [0.15, 0.2) is 0 Å². The molecule has 0 saturated heterocycles. The summed E-state index contributed by atoms with van der Waals surface area (Å²) in [6.45, 7) is 4.07. The molecule has 0 radical (unpaired) electrons. The van der Waals surface area contributed by atoms with Gasteiger partial charge >= 0.3 is 5.97 Å². The van der Waals surface area contributed by atoms with E-state index >= 15 is 0 Å². The number of quaternary nitrogens is 1. The highest BCUT2D eigenvalue weighted by molar-refractivity contribution is 5.69. The topological polar surface area (TPSA) is 30.7 Å². The van der Waals surface area contributed by atoms with Crippen LogP contribution in [0.1, 0.15) is 96.8 Å². The van der Waals surface area contributed by atoms with Crippen molar-refractivity contribution in [1.29, 1.82) is 0 Å². The van der Waals surface area contributed by atoms with Crippen molar-refractivity contribution in [2.24, 2.45) is 0 Å². The molecule has 0 aromatic heterocycles. The quantitative estimate of drug-likeness (QED) is 0.321. The lowest BCUT2D eigenvalue weighted by Gasteiger charge is -2.07. The van der Waals surface area contributed by atoms with Crippen molar-refractivity contribution in [1.82, 2.24) is 0 Å². The van der Waals surface area contributed by atoms with E-state index in [1.165, 1.54) is 75.7 Å². The molecule has 0 fully saturated rings. The minimum absolute atomic E-state index is 0.00174. The molecule has 0 aliphatic heterocycles. The fourth-order valence-electron chi connectivity index (χ4n) is 2.77. The Morgan fingerprint density at radius 3 is 1.83 bits per heavy atom. The third-order valence-electron chi connectivity index (χ3n) is 4.32. The molecular formula is C20H42NO2+. The first kappa shape index (κ1) is 22.4. The second-order valence-corrected chi connectivity index (χ2v) is 7.17. The Morgan fingerprint density at radius 1 is 0.739 bits per heavy atom. The predicted molar refractivity (Wildman–Crippen MR) is 98.9 cm³/mol. The van der Waals surface area contributed by atoms with E-state index < -0.39 is 0 Å². The summed E-state index contributed by atoms with van der Waals surface area (Å²) in [5, 5.41) is 0. The maximum Gasteiger partial charge on any atom is 0.305 e. The lowest BCUT2D eigenvalue weighted by atomic mass is 10.1. The van der Waals surface area contributed by atoms with Gasteiger partial charge in [0.25, 0.3) is 0 Å². The summed E-state index contributed by atoms with van der Waals surface area (Å²) < 4.78 is 5.30. The third kappa shape index (κ3) is 19.4. The van der Waals surface area contributed by atoms with Gasteiger partial charge in [-0.25, -0.2) is 0 Å². The average Bonchev–Trinajstić information content (AvgIpc) is 2.52. The fraction of sp³-hybridized carbons (Fsp3) is 0.950. The summed E-state index contributed by atoms with van der Waals surface area (Å²) in [5.74, 6) is -0.00174. The zero-order chi connectivity index (χ0) is 17.2. The summed E-state index contributed by atoms with van der Waals surface area (Å²) in [4.78, 5) is 13.1. The van der Waals surface area contributed by atoms with E-state index in [1.807, 2.05) is 0 Å². The van der Waals surface area contributed by atoms with Gasteiger partial charge in [0.1, 0.15) is 0 Å². The molecule has 0 spiro atoms. The number of carbonyl (C=O) groups excluding carboxylic acids is 1. The molecule has 0 aliphatic rings. The van der Waals surface area contributed by atoms with E-state index in [-0.39, 0.29) is 5.97 Å². The van der Waals surface area contributed by atoms with Crippen molar-refractivity contribution in [3.63, 3.8) is 0 Å². The minimum atomic E-state index is -0.00174. The molecule has 0 heterocycles. The Labute approximate surface area is 145 Å². The number of ether oxygens (including phenoxy) is 1. The van der Waals surface area contributed by atoms with Crippen molar-refractivity contribution >= 4 is 5.97 Å². The van der Waals surface area contributed by atoms with Crippen LogP contribution in [0.3, 0.4) is 0 Å². The van der Waals surface area contributed by atoms with Crippen LogP contribution in [0, 0.1) is 0 Å². The first-order valence-electron chi connectivity index (χ1n) is 10.1. The van der Waals surface area contributed by atoms with E-state index in [4.69, 9.17) is 4.74 Å². The Hall–Kier alpha value is -0.570. The average molecular weight is 329 g/mol. The van der Waals surface area contributed by atoms with Gasteiger partial charge in [-0.1, -0.05) is 64.7 Å². The highest BCUT2D eigenvalue weighted by atomic mass is 16.5. The van der Waals surface area contributed by atoms with Crippen molar-refractivity contribution in [2.45, 2.75) is 96.8 Å². The van der Waals surface area contributed by atoms with E-state index in [1.54, 1.807) is 0 Å². The number of esters is 1. The van der Waals surface area contributed by atoms with Crippen LogP contribution in [-0.2, 0) is 9.53 Å². The highest BCUT2D eigenvalue weighted by Crippen LogP contribution is 2.10. The normalized spacial score (nSPS) is 11.1. The van der Waals surface area contributed by atoms with Gasteiger partial charge in [0.15, 0.2) is 0 Å². The summed E-state index contributed by atoms with van der Waals surface area (Å²) in [6.07, 6.45) is 17.1. The maximum atomic E-state index is 11.6. The molecule has 0 rings (SSSR count). The summed E-state index contributed by atoms with van der Waals surface area (Å²) in [7, 11) is 4.33. The van der Waals surface area contributed by atoms with Crippen LogP contribution < -0.4 is 4.90 Å². The third-order valence-corrected chi connectivity index (χ3v) is 4.32. The molecule has 3 heteroatoms. The van der Waals surface area contributed by atoms with Crippen LogP contribution in [0.4, 0.5) is 0 Å². The number of hydrogen-bond donors (Lipinski definition) is 1. The second-order valence-electron chi connectivity index (χ2n) is 7.17. The van der Waals surface area contributed by atoms with Crippen molar-refractivity contribution in [3.8, 4) is 0 Å².